The lowest BCUT2D eigenvalue weighted by Crippen LogP contribution is -1.99. The highest BCUT2D eigenvalue weighted by Gasteiger charge is 2.04. The largest absolute Gasteiger partial charge is 0.326 e. The number of aromatic nitrogens is 2. The zero-order chi connectivity index (χ0) is 13.1. The Hall–Kier alpha value is -2.39. The van der Waals surface area contributed by atoms with E-state index in [4.69, 9.17) is 5.73 Å². The monoisotopic (exact) mass is 249 g/mol. The summed E-state index contributed by atoms with van der Waals surface area (Å²) in [5, 5.41) is 4.26. The van der Waals surface area contributed by atoms with Gasteiger partial charge in [-0.05, 0) is 34.9 Å². The summed E-state index contributed by atoms with van der Waals surface area (Å²) in [4.78, 5) is 0. The molecule has 0 saturated heterocycles. The van der Waals surface area contributed by atoms with Crippen molar-refractivity contribution in [3.63, 3.8) is 0 Å². The number of benzene rings is 2. The van der Waals surface area contributed by atoms with E-state index in [0.717, 1.165) is 16.8 Å². The normalized spacial score (nSPS) is 10.6. The molecular formula is C16H15N3. The van der Waals surface area contributed by atoms with E-state index < -0.39 is 0 Å². The number of hydrogen-bond donors (Lipinski definition) is 1. The lowest BCUT2D eigenvalue weighted by molar-refractivity contribution is 0.881. The predicted molar refractivity (Wildman–Crippen MR) is 76.9 cm³/mol. The summed E-state index contributed by atoms with van der Waals surface area (Å²) in [5.74, 6) is 0. The van der Waals surface area contributed by atoms with Crippen LogP contribution in [0.2, 0.25) is 0 Å². The topological polar surface area (TPSA) is 43.8 Å². The van der Waals surface area contributed by atoms with Crippen LogP contribution in [-0.2, 0) is 6.54 Å². The summed E-state index contributed by atoms with van der Waals surface area (Å²) in [6.45, 7) is 0.544. The summed E-state index contributed by atoms with van der Waals surface area (Å²) in [7, 11) is 0. The Labute approximate surface area is 112 Å². The van der Waals surface area contributed by atoms with Crippen LogP contribution in [-0.4, -0.2) is 9.78 Å². The molecule has 19 heavy (non-hydrogen) atoms. The van der Waals surface area contributed by atoms with Crippen LogP contribution in [0.5, 0.6) is 0 Å². The fraction of sp³-hybridized carbons (Fsp3) is 0.0625. The molecule has 0 spiro atoms. The van der Waals surface area contributed by atoms with Crippen molar-refractivity contribution in [3.8, 4) is 16.8 Å². The van der Waals surface area contributed by atoms with E-state index in [-0.39, 0.29) is 0 Å². The molecule has 94 valence electrons. The van der Waals surface area contributed by atoms with Crippen molar-refractivity contribution in [2.24, 2.45) is 5.73 Å². The molecule has 0 unspecified atom stereocenters. The molecule has 0 aliphatic rings. The van der Waals surface area contributed by atoms with Crippen LogP contribution in [0.1, 0.15) is 5.56 Å². The molecule has 0 radical (unpaired) electrons. The zero-order valence-electron chi connectivity index (χ0n) is 10.5. The van der Waals surface area contributed by atoms with Crippen molar-refractivity contribution >= 4 is 0 Å². The Morgan fingerprint density at radius 2 is 1.89 bits per heavy atom. The third kappa shape index (κ3) is 2.28. The van der Waals surface area contributed by atoms with Gasteiger partial charge in [0.15, 0.2) is 0 Å². The quantitative estimate of drug-likeness (QED) is 0.775. The number of rotatable bonds is 3. The third-order valence-corrected chi connectivity index (χ3v) is 3.16. The first-order valence-corrected chi connectivity index (χ1v) is 6.27. The first-order valence-electron chi connectivity index (χ1n) is 6.27. The number of hydrogen-bond acceptors (Lipinski definition) is 2. The number of nitrogens with zero attached hydrogens (tertiary/aromatic N) is 2. The van der Waals surface area contributed by atoms with Gasteiger partial charge in [0.25, 0.3) is 0 Å². The summed E-state index contributed by atoms with van der Waals surface area (Å²) in [6.07, 6.45) is 3.72. The average Bonchev–Trinajstić information content (AvgIpc) is 3.01. The molecule has 1 aromatic heterocycles. The molecule has 2 N–H and O–H groups in total. The van der Waals surface area contributed by atoms with E-state index in [1.54, 1.807) is 6.20 Å². The van der Waals surface area contributed by atoms with Crippen LogP contribution in [0.25, 0.3) is 16.8 Å². The van der Waals surface area contributed by atoms with E-state index in [1.807, 2.05) is 41.2 Å². The molecule has 1 heterocycles. The molecule has 3 heteroatoms. The van der Waals surface area contributed by atoms with E-state index >= 15 is 0 Å². The molecule has 0 amide bonds. The molecule has 0 saturated carbocycles. The molecule has 3 nitrogen and oxygen atoms in total. The van der Waals surface area contributed by atoms with Gasteiger partial charge in [0.05, 0.1) is 5.69 Å². The third-order valence-electron chi connectivity index (χ3n) is 3.16. The van der Waals surface area contributed by atoms with Gasteiger partial charge in [-0.3, -0.25) is 0 Å². The first-order chi connectivity index (χ1) is 9.38. The Kier molecular flexibility index (Phi) is 3.12. The van der Waals surface area contributed by atoms with Gasteiger partial charge >= 0.3 is 0 Å². The standard InChI is InChI=1S/C16H15N3/c17-12-14-5-1-2-8-16(14)13-6-3-7-15(11-13)19-10-4-9-18-19/h1-11H,12,17H2. The maximum absolute atomic E-state index is 5.80. The van der Waals surface area contributed by atoms with Crippen molar-refractivity contribution in [3.05, 3.63) is 72.6 Å². The zero-order valence-corrected chi connectivity index (χ0v) is 10.5. The second-order valence-electron chi connectivity index (χ2n) is 4.36. The second-order valence-corrected chi connectivity index (χ2v) is 4.36. The molecule has 2 aromatic carbocycles. The first kappa shape index (κ1) is 11.7. The molecule has 3 rings (SSSR count). The van der Waals surface area contributed by atoms with E-state index in [2.05, 4.69) is 29.4 Å². The predicted octanol–water partition coefficient (Wildman–Crippen LogP) is 3.00. The van der Waals surface area contributed by atoms with Crippen molar-refractivity contribution in [1.82, 2.24) is 9.78 Å². The minimum Gasteiger partial charge on any atom is -0.326 e. The van der Waals surface area contributed by atoms with Crippen molar-refractivity contribution in [1.29, 1.82) is 0 Å². The molecule has 0 atom stereocenters. The Bertz CT molecular complexity index is 672. The molecule has 0 aliphatic heterocycles. The van der Waals surface area contributed by atoms with Gasteiger partial charge in [-0.15, -0.1) is 0 Å². The smallest absolute Gasteiger partial charge is 0.0651 e. The van der Waals surface area contributed by atoms with Crippen molar-refractivity contribution in [2.75, 3.05) is 0 Å². The van der Waals surface area contributed by atoms with Gasteiger partial charge in [-0.25, -0.2) is 4.68 Å². The summed E-state index contributed by atoms with van der Waals surface area (Å²) < 4.78 is 1.86. The molecule has 3 aromatic rings. The van der Waals surface area contributed by atoms with Crippen molar-refractivity contribution < 1.29 is 0 Å². The van der Waals surface area contributed by atoms with E-state index in [9.17, 15) is 0 Å². The fourth-order valence-electron chi connectivity index (χ4n) is 2.22. The van der Waals surface area contributed by atoms with Crippen LogP contribution in [0.4, 0.5) is 0 Å². The van der Waals surface area contributed by atoms with Gasteiger partial charge in [-0.1, -0.05) is 36.4 Å². The van der Waals surface area contributed by atoms with Crippen LogP contribution >= 0.6 is 0 Å². The van der Waals surface area contributed by atoms with Gasteiger partial charge in [0.1, 0.15) is 0 Å². The molecule has 0 aliphatic carbocycles. The minimum absolute atomic E-state index is 0.544. The van der Waals surface area contributed by atoms with Crippen LogP contribution in [0.15, 0.2) is 67.0 Å². The SMILES string of the molecule is NCc1ccccc1-c1cccc(-n2cccn2)c1. The molecular weight excluding hydrogens is 234 g/mol. The summed E-state index contributed by atoms with van der Waals surface area (Å²) in [5.41, 5.74) is 10.3. The summed E-state index contributed by atoms with van der Waals surface area (Å²) in [6, 6.07) is 18.4. The maximum atomic E-state index is 5.80. The van der Waals surface area contributed by atoms with Gasteiger partial charge in [0.2, 0.25) is 0 Å². The van der Waals surface area contributed by atoms with Crippen LogP contribution in [0.3, 0.4) is 0 Å². The Morgan fingerprint density at radius 1 is 1.00 bits per heavy atom. The van der Waals surface area contributed by atoms with E-state index in [0.29, 0.717) is 6.54 Å². The van der Waals surface area contributed by atoms with Crippen molar-refractivity contribution in [2.45, 2.75) is 6.54 Å². The number of nitrogens with two attached hydrogens (primary N) is 1. The average molecular weight is 249 g/mol. The Morgan fingerprint density at radius 3 is 2.68 bits per heavy atom. The van der Waals surface area contributed by atoms with E-state index in [1.165, 1.54) is 5.56 Å². The van der Waals surface area contributed by atoms with Gasteiger partial charge < -0.3 is 5.73 Å². The highest BCUT2D eigenvalue weighted by atomic mass is 15.3. The minimum atomic E-state index is 0.544. The summed E-state index contributed by atoms with van der Waals surface area (Å²) >= 11 is 0. The van der Waals surface area contributed by atoms with Gasteiger partial charge in [-0.2, -0.15) is 5.10 Å². The molecule has 0 fully saturated rings. The van der Waals surface area contributed by atoms with Gasteiger partial charge in [0, 0.05) is 18.9 Å². The van der Waals surface area contributed by atoms with Crippen LogP contribution in [0, 0.1) is 0 Å². The fourth-order valence-corrected chi connectivity index (χ4v) is 2.22. The maximum Gasteiger partial charge on any atom is 0.0651 e. The second kappa shape index (κ2) is 5.08. The lowest BCUT2D eigenvalue weighted by atomic mass is 9.99. The molecule has 0 bridgehead atoms. The Balaban J connectivity index is 2.09. The highest BCUT2D eigenvalue weighted by Crippen LogP contribution is 2.25. The highest BCUT2D eigenvalue weighted by molar-refractivity contribution is 5.69. The van der Waals surface area contributed by atoms with Crippen LogP contribution < -0.4 is 5.73 Å². The lowest BCUT2D eigenvalue weighted by Gasteiger charge is -2.09.